The number of aliphatic hydroxyl groups excluding tert-OH is 1. The van der Waals surface area contributed by atoms with Gasteiger partial charge in [0.2, 0.25) is 0 Å². The molecule has 3 atom stereocenters. The van der Waals surface area contributed by atoms with Gasteiger partial charge in [0.25, 0.3) is 0 Å². The topological polar surface area (TPSA) is 73.7 Å². The van der Waals surface area contributed by atoms with E-state index in [9.17, 15) is 5.11 Å². The molecule has 6 nitrogen and oxygen atoms in total. The Morgan fingerprint density at radius 2 is 1.94 bits per heavy atom. The number of benzene rings is 2. The third-order valence-electron chi connectivity index (χ3n) is 5.33. The van der Waals surface area contributed by atoms with Crippen LogP contribution in [0.25, 0.3) is 10.9 Å². The Kier molecular flexibility index (Phi) is 5.14. The third-order valence-corrected chi connectivity index (χ3v) is 5.33. The van der Waals surface area contributed by atoms with Crippen molar-refractivity contribution in [2.75, 3.05) is 6.61 Å². The zero-order valence-electron chi connectivity index (χ0n) is 17.0. The molecule has 3 heterocycles. The van der Waals surface area contributed by atoms with Gasteiger partial charge in [-0.2, -0.15) is 0 Å². The standard InChI is InChI=1S/C25H22N2O4/c1-16(21-10-8-17-5-2-3-7-22(17)27-21)30-18-9-11-23-20(13-18)25(28)24(15-29-23)31-19-6-4-12-26-14-19/h2-14,16,24-25,28H,15H2,1H3/t16?,24-,25+/m0/s1. The maximum absolute atomic E-state index is 10.9. The summed E-state index contributed by atoms with van der Waals surface area (Å²) in [6.07, 6.45) is 1.64. The molecular formula is C25H22N2O4. The van der Waals surface area contributed by atoms with Crippen molar-refractivity contribution in [3.8, 4) is 17.2 Å². The van der Waals surface area contributed by atoms with E-state index >= 15 is 0 Å². The Balaban J connectivity index is 1.34. The van der Waals surface area contributed by atoms with E-state index in [-0.39, 0.29) is 12.7 Å². The van der Waals surface area contributed by atoms with Gasteiger partial charge in [-0.3, -0.25) is 4.98 Å². The molecule has 1 unspecified atom stereocenters. The Morgan fingerprint density at radius 3 is 2.81 bits per heavy atom. The molecule has 4 aromatic rings. The van der Waals surface area contributed by atoms with E-state index in [2.05, 4.69) is 4.98 Å². The number of ether oxygens (including phenoxy) is 3. The minimum atomic E-state index is -0.846. The van der Waals surface area contributed by atoms with Gasteiger partial charge >= 0.3 is 0 Å². The molecule has 1 aliphatic rings. The summed E-state index contributed by atoms with van der Waals surface area (Å²) in [5.74, 6) is 1.84. The predicted octanol–water partition coefficient (Wildman–Crippen LogP) is 4.64. The molecule has 0 spiro atoms. The van der Waals surface area contributed by atoms with Gasteiger partial charge < -0.3 is 19.3 Å². The summed E-state index contributed by atoms with van der Waals surface area (Å²) in [5.41, 5.74) is 2.41. The molecule has 2 aromatic heterocycles. The van der Waals surface area contributed by atoms with Crippen LogP contribution in [0.2, 0.25) is 0 Å². The molecule has 31 heavy (non-hydrogen) atoms. The van der Waals surface area contributed by atoms with Crippen LogP contribution in [0.4, 0.5) is 0 Å². The predicted molar refractivity (Wildman–Crippen MR) is 116 cm³/mol. The van der Waals surface area contributed by atoms with E-state index in [1.54, 1.807) is 30.6 Å². The maximum atomic E-state index is 10.9. The summed E-state index contributed by atoms with van der Waals surface area (Å²) in [4.78, 5) is 8.75. The van der Waals surface area contributed by atoms with E-state index in [1.807, 2.05) is 55.5 Å². The Morgan fingerprint density at radius 1 is 1.03 bits per heavy atom. The highest BCUT2D eigenvalue weighted by Crippen LogP contribution is 2.37. The first-order valence-corrected chi connectivity index (χ1v) is 10.2. The summed E-state index contributed by atoms with van der Waals surface area (Å²) in [5, 5.41) is 12.0. The molecule has 6 heteroatoms. The van der Waals surface area contributed by atoms with Gasteiger partial charge in [-0.1, -0.05) is 24.3 Å². The summed E-state index contributed by atoms with van der Waals surface area (Å²) in [6, 6.07) is 21.0. The van der Waals surface area contributed by atoms with Crippen LogP contribution in [-0.4, -0.2) is 27.8 Å². The largest absolute Gasteiger partial charge is 0.489 e. The minimum Gasteiger partial charge on any atom is -0.489 e. The second-order valence-corrected chi connectivity index (χ2v) is 7.49. The molecule has 1 N–H and O–H groups in total. The average molecular weight is 414 g/mol. The quantitative estimate of drug-likeness (QED) is 0.513. The number of fused-ring (bicyclic) bond motifs is 2. The lowest BCUT2D eigenvalue weighted by Crippen LogP contribution is -2.35. The molecule has 0 saturated heterocycles. The molecule has 0 fully saturated rings. The van der Waals surface area contributed by atoms with Gasteiger partial charge in [-0.25, -0.2) is 4.98 Å². The highest BCUT2D eigenvalue weighted by molar-refractivity contribution is 5.78. The van der Waals surface area contributed by atoms with Gasteiger partial charge in [-0.05, 0) is 49.4 Å². The smallest absolute Gasteiger partial charge is 0.163 e. The van der Waals surface area contributed by atoms with Crippen LogP contribution in [0.5, 0.6) is 17.2 Å². The Bertz CT molecular complexity index is 1200. The van der Waals surface area contributed by atoms with Crippen molar-refractivity contribution in [2.45, 2.75) is 25.2 Å². The van der Waals surface area contributed by atoms with Gasteiger partial charge in [0, 0.05) is 17.1 Å². The van der Waals surface area contributed by atoms with Crippen molar-refractivity contribution in [3.05, 3.63) is 90.4 Å². The van der Waals surface area contributed by atoms with Crippen molar-refractivity contribution in [3.63, 3.8) is 0 Å². The zero-order chi connectivity index (χ0) is 21.2. The number of rotatable bonds is 5. The van der Waals surface area contributed by atoms with E-state index < -0.39 is 12.2 Å². The summed E-state index contributed by atoms with van der Waals surface area (Å²) < 4.78 is 17.8. The summed E-state index contributed by atoms with van der Waals surface area (Å²) >= 11 is 0. The van der Waals surface area contributed by atoms with Crippen LogP contribution in [0.15, 0.2) is 79.1 Å². The second kappa shape index (κ2) is 8.24. The lowest BCUT2D eigenvalue weighted by molar-refractivity contribution is -0.0106. The highest BCUT2D eigenvalue weighted by Gasteiger charge is 2.31. The molecule has 0 radical (unpaired) electrons. The van der Waals surface area contributed by atoms with Gasteiger partial charge in [-0.15, -0.1) is 0 Å². The van der Waals surface area contributed by atoms with Gasteiger partial charge in [0.1, 0.15) is 36.1 Å². The number of nitrogens with zero attached hydrogens (tertiary/aromatic N) is 2. The van der Waals surface area contributed by atoms with Crippen LogP contribution < -0.4 is 14.2 Å². The van der Waals surface area contributed by atoms with E-state index in [4.69, 9.17) is 19.2 Å². The highest BCUT2D eigenvalue weighted by atomic mass is 16.5. The van der Waals surface area contributed by atoms with E-state index in [0.29, 0.717) is 22.8 Å². The third kappa shape index (κ3) is 4.02. The normalized spacial score (nSPS) is 18.6. The number of pyridine rings is 2. The molecule has 2 aromatic carbocycles. The van der Waals surface area contributed by atoms with Gasteiger partial charge in [0.15, 0.2) is 6.10 Å². The number of hydrogen-bond acceptors (Lipinski definition) is 6. The van der Waals surface area contributed by atoms with Crippen molar-refractivity contribution in [1.82, 2.24) is 9.97 Å². The Hall–Kier alpha value is -3.64. The fraction of sp³-hybridized carbons (Fsp3) is 0.200. The molecular weight excluding hydrogens is 392 g/mol. The Labute approximate surface area is 180 Å². The second-order valence-electron chi connectivity index (χ2n) is 7.49. The molecule has 0 amide bonds. The SMILES string of the molecule is CC(Oc1ccc2c(c1)[C@@H](O)[C@@H](Oc1cccnc1)CO2)c1ccc2ccccc2n1. The minimum absolute atomic E-state index is 0.251. The van der Waals surface area contributed by atoms with Crippen molar-refractivity contribution in [2.24, 2.45) is 0 Å². The number of aliphatic hydroxyl groups is 1. The maximum Gasteiger partial charge on any atom is 0.163 e. The molecule has 0 bridgehead atoms. The van der Waals surface area contributed by atoms with Crippen molar-refractivity contribution < 1.29 is 19.3 Å². The van der Waals surface area contributed by atoms with Crippen LogP contribution in [0.1, 0.15) is 30.4 Å². The van der Waals surface area contributed by atoms with Crippen LogP contribution in [0, 0.1) is 0 Å². The lowest BCUT2D eigenvalue weighted by Gasteiger charge is -2.31. The molecule has 156 valence electrons. The fourth-order valence-electron chi connectivity index (χ4n) is 3.69. The number of para-hydroxylation sites is 1. The molecule has 1 aliphatic heterocycles. The number of hydrogen-bond donors (Lipinski definition) is 1. The van der Waals surface area contributed by atoms with Gasteiger partial charge in [0.05, 0.1) is 17.4 Å². The zero-order valence-corrected chi connectivity index (χ0v) is 17.0. The van der Waals surface area contributed by atoms with Crippen LogP contribution >= 0.6 is 0 Å². The van der Waals surface area contributed by atoms with E-state index in [0.717, 1.165) is 16.6 Å². The molecule has 0 saturated carbocycles. The average Bonchev–Trinajstić information content (AvgIpc) is 2.81. The summed E-state index contributed by atoms with van der Waals surface area (Å²) in [6.45, 7) is 2.21. The molecule has 0 aliphatic carbocycles. The lowest BCUT2D eigenvalue weighted by atomic mass is 10.0. The van der Waals surface area contributed by atoms with Crippen molar-refractivity contribution in [1.29, 1.82) is 0 Å². The summed E-state index contributed by atoms with van der Waals surface area (Å²) in [7, 11) is 0. The first-order chi connectivity index (χ1) is 15.2. The monoisotopic (exact) mass is 414 g/mol. The van der Waals surface area contributed by atoms with Crippen molar-refractivity contribution >= 4 is 10.9 Å². The van der Waals surface area contributed by atoms with Crippen LogP contribution in [-0.2, 0) is 0 Å². The first-order valence-electron chi connectivity index (χ1n) is 10.2. The van der Waals surface area contributed by atoms with Crippen LogP contribution in [0.3, 0.4) is 0 Å². The fourth-order valence-corrected chi connectivity index (χ4v) is 3.69. The molecule has 5 rings (SSSR count). The van der Waals surface area contributed by atoms with E-state index in [1.165, 1.54) is 0 Å². The first kappa shape index (κ1) is 19.3. The number of aromatic nitrogens is 2.